The van der Waals surface area contributed by atoms with Gasteiger partial charge < -0.3 is 19.6 Å². The predicted molar refractivity (Wildman–Crippen MR) is 94.4 cm³/mol. The molecule has 25 heavy (non-hydrogen) atoms. The van der Waals surface area contributed by atoms with Crippen molar-refractivity contribution in [2.45, 2.75) is 0 Å². The number of aromatic nitrogens is 2. The largest absolute Gasteiger partial charge is 0.493 e. The third-order valence-corrected chi connectivity index (χ3v) is 4.47. The van der Waals surface area contributed by atoms with E-state index in [1.54, 1.807) is 19.2 Å². The van der Waals surface area contributed by atoms with E-state index in [1.165, 1.54) is 6.33 Å². The van der Waals surface area contributed by atoms with Gasteiger partial charge in [0.15, 0.2) is 11.5 Å². The van der Waals surface area contributed by atoms with Crippen molar-refractivity contribution in [3.63, 3.8) is 0 Å². The third kappa shape index (κ3) is 4.28. The summed E-state index contributed by atoms with van der Waals surface area (Å²) in [6, 6.07) is 3.40. The van der Waals surface area contributed by atoms with Crippen LogP contribution >= 0.6 is 0 Å². The molecular formula is C17H24N4O4. The summed E-state index contributed by atoms with van der Waals surface area (Å²) in [5.41, 5.74) is 0.382. The first-order valence-corrected chi connectivity index (χ1v) is 8.45. The quantitative estimate of drug-likeness (QED) is 0.723. The highest BCUT2D eigenvalue weighted by Crippen LogP contribution is 2.30. The lowest BCUT2D eigenvalue weighted by Crippen LogP contribution is -2.48. The van der Waals surface area contributed by atoms with Gasteiger partial charge in [-0.25, -0.2) is 4.98 Å². The second-order valence-electron chi connectivity index (χ2n) is 6.01. The van der Waals surface area contributed by atoms with Gasteiger partial charge in [-0.3, -0.25) is 14.6 Å². The summed E-state index contributed by atoms with van der Waals surface area (Å²) < 4.78 is 11.2. The van der Waals surface area contributed by atoms with Gasteiger partial charge in [-0.1, -0.05) is 0 Å². The molecule has 136 valence electrons. The molecule has 0 saturated carbocycles. The van der Waals surface area contributed by atoms with Crippen molar-refractivity contribution >= 4 is 10.9 Å². The molecule has 8 heteroatoms. The monoisotopic (exact) mass is 348 g/mol. The van der Waals surface area contributed by atoms with Crippen LogP contribution in [-0.4, -0.2) is 84.5 Å². The average Bonchev–Trinajstić information content (AvgIpc) is 2.63. The Hall–Kier alpha value is -2.16. The number of methoxy groups -OCH3 is 1. The molecule has 1 saturated heterocycles. The van der Waals surface area contributed by atoms with Gasteiger partial charge in [0.1, 0.15) is 6.61 Å². The number of aromatic amines is 1. The van der Waals surface area contributed by atoms with Gasteiger partial charge in [0.2, 0.25) is 0 Å². The number of fused-ring (bicyclic) bond motifs is 1. The van der Waals surface area contributed by atoms with E-state index in [1.807, 2.05) is 0 Å². The van der Waals surface area contributed by atoms with Crippen molar-refractivity contribution in [3.8, 4) is 11.5 Å². The molecule has 1 aliphatic heterocycles. The van der Waals surface area contributed by atoms with E-state index < -0.39 is 0 Å². The Morgan fingerprint density at radius 1 is 1.16 bits per heavy atom. The van der Waals surface area contributed by atoms with E-state index >= 15 is 0 Å². The first-order chi connectivity index (χ1) is 12.2. The number of nitrogens with zero attached hydrogens (tertiary/aromatic N) is 3. The van der Waals surface area contributed by atoms with Crippen molar-refractivity contribution < 1.29 is 14.6 Å². The lowest BCUT2D eigenvalue weighted by Gasteiger charge is -2.34. The summed E-state index contributed by atoms with van der Waals surface area (Å²) in [6.07, 6.45) is 1.38. The Kier molecular flexibility index (Phi) is 5.85. The van der Waals surface area contributed by atoms with Crippen LogP contribution in [0.25, 0.3) is 10.9 Å². The van der Waals surface area contributed by atoms with Crippen LogP contribution in [0.1, 0.15) is 0 Å². The minimum Gasteiger partial charge on any atom is -0.493 e. The molecule has 0 bridgehead atoms. The highest BCUT2D eigenvalue weighted by molar-refractivity contribution is 5.81. The number of ether oxygens (including phenoxy) is 2. The van der Waals surface area contributed by atoms with E-state index in [9.17, 15) is 4.79 Å². The second-order valence-corrected chi connectivity index (χ2v) is 6.01. The highest BCUT2D eigenvalue weighted by atomic mass is 16.5. The predicted octanol–water partition coefficient (Wildman–Crippen LogP) is -0.0796. The first kappa shape index (κ1) is 17.7. The van der Waals surface area contributed by atoms with E-state index in [-0.39, 0.29) is 12.2 Å². The Morgan fingerprint density at radius 2 is 1.88 bits per heavy atom. The molecule has 0 atom stereocenters. The number of aliphatic hydroxyl groups excluding tert-OH is 1. The average molecular weight is 348 g/mol. The molecule has 8 nitrogen and oxygen atoms in total. The molecule has 1 aromatic heterocycles. The molecule has 1 aliphatic rings. The van der Waals surface area contributed by atoms with Gasteiger partial charge in [0.05, 0.1) is 30.9 Å². The Morgan fingerprint density at radius 3 is 2.56 bits per heavy atom. The van der Waals surface area contributed by atoms with Crippen LogP contribution in [0, 0.1) is 0 Å². The van der Waals surface area contributed by atoms with Crippen LogP contribution in [0.15, 0.2) is 23.3 Å². The molecule has 2 heterocycles. The lowest BCUT2D eigenvalue weighted by atomic mass is 10.2. The SMILES string of the molecule is COc1cc2c(=O)[nH]cnc2cc1OCCN1CCN(CCO)CC1. The summed E-state index contributed by atoms with van der Waals surface area (Å²) >= 11 is 0. The van der Waals surface area contributed by atoms with Gasteiger partial charge in [0, 0.05) is 45.3 Å². The van der Waals surface area contributed by atoms with Crippen LogP contribution < -0.4 is 15.0 Å². The zero-order valence-corrected chi connectivity index (χ0v) is 14.4. The minimum atomic E-state index is -0.199. The number of rotatable bonds is 7. The number of hydrogen-bond donors (Lipinski definition) is 2. The molecular weight excluding hydrogens is 324 g/mol. The van der Waals surface area contributed by atoms with Crippen molar-refractivity contribution in [2.75, 3.05) is 59.6 Å². The molecule has 3 rings (SSSR count). The van der Waals surface area contributed by atoms with E-state index in [4.69, 9.17) is 14.6 Å². The standard InChI is InChI=1S/C17H24N4O4/c1-24-15-10-13-14(18-12-19-17(13)23)11-16(15)25-9-7-21-4-2-20(3-5-21)6-8-22/h10-12,22H,2-9H2,1H3,(H,18,19,23). The number of hydrogen-bond acceptors (Lipinski definition) is 7. The van der Waals surface area contributed by atoms with Gasteiger partial charge in [-0.15, -0.1) is 0 Å². The van der Waals surface area contributed by atoms with Gasteiger partial charge >= 0.3 is 0 Å². The maximum absolute atomic E-state index is 11.8. The van der Waals surface area contributed by atoms with Gasteiger partial charge in [-0.05, 0) is 6.07 Å². The van der Waals surface area contributed by atoms with E-state index in [2.05, 4.69) is 19.8 Å². The Bertz CT molecular complexity index is 756. The maximum Gasteiger partial charge on any atom is 0.258 e. The summed E-state index contributed by atoms with van der Waals surface area (Å²) in [5, 5.41) is 9.46. The fourth-order valence-corrected chi connectivity index (χ4v) is 3.01. The van der Waals surface area contributed by atoms with Gasteiger partial charge in [-0.2, -0.15) is 0 Å². The number of nitrogens with one attached hydrogen (secondary N) is 1. The number of aliphatic hydroxyl groups is 1. The Labute approximate surface area is 146 Å². The molecule has 1 aromatic carbocycles. The number of H-pyrrole nitrogens is 1. The third-order valence-electron chi connectivity index (χ3n) is 4.47. The summed E-state index contributed by atoms with van der Waals surface area (Å²) in [4.78, 5) is 23.2. The van der Waals surface area contributed by atoms with Crippen molar-refractivity contribution in [1.29, 1.82) is 0 Å². The maximum atomic E-state index is 11.8. The van der Waals surface area contributed by atoms with Crippen molar-refractivity contribution in [3.05, 3.63) is 28.8 Å². The normalized spacial score (nSPS) is 16.2. The van der Waals surface area contributed by atoms with Crippen LogP contribution in [0.2, 0.25) is 0 Å². The first-order valence-electron chi connectivity index (χ1n) is 8.45. The molecule has 0 amide bonds. The fraction of sp³-hybridized carbons (Fsp3) is 0.529. The lowest BCUT2D eigenvalue weighted by molar-refractivity contribution is 0.101. The number of β-amino-alcohol motifs (C(OH)–C–C–N with tert-alkyl or cyclic N) is 1. The fourth-order valence-electron chi connectivity index (χ4n) is 3.01. The highest BCUT2D eigenvalue weighted by Gasteiger charge is 2.16. The van der Waals surface area contributed by atoms with Crippen LogP contribution in [-0.2, 0) is 0 Å². The molecule has 2 aromatic rings. The second kappa shape index (κ2) is 8.28. The number of benzene rings is 1. The van der Waals surface area contributed by atoms with Gasteiger partial charge in [0.25, 0.3) is 5.56 Å². The van der Waals surface area contributed by atoms with Crippen LogP contribution in [0.4, 0.5) is 0 Å². The topological polar surface area (TPSA) is 90.9 Å². The molecule has 0 radical (unpaired) electrons. The molecule has 1 fully saturated rings. The molecule has 2 N–H and O–H groups in total. The summed E-state index contributed by atoms with van der Waals surface area (Å²) in [6.45, 7) is 6.16. The molecule has 0 aliphatic carbocycles. The van der Waals surface area contributed by atoms with Crippen LogP contribution in [0.3, 0.4) is 0 Å². The smallest absolute Gasteiger partial charge is 0.258 e. The summed E-state index contributed by atoms with van der Waals surface area (Å²) in [5.74, 6) is 1.12. The molecule has 0 spiro atoms. The van der Waals surface area contributed by atoms with E-state index in [0.29, 0.717) is 29.0 Å². The number of piperazine rings is 1. The van der Waals surface area contributed by atoms with Crippen molar-refractivity contribution in [2.24, 2.45) is 0 Å². The summed E-state index contributed by atoms with van der Waals surface area (Å²) in [7, 11) is 1.55. The van der Waals surface area contributed by atoms with Crippen molar-refractivity contribution in [1.82, 2.24) is 19.8 Å². The molecule has 0 unspecified atom stereocenters. The van der Waals surface area contributed by atoms with Crippen LogP contribution in [0.5, 0.6) is 11.5 Å². The minimum absolute atomic E-state index is 0.199. The van der Waals surface area contributed by atoms with E-state index in [0.717, 1.165) is 39.3 Å². The zero-order chi connectivity index (χ0) is 17.6. The zero-order valence-electron chi connectivity index (χ0n) is 14.4. The Balaban J connectivity index is 1.59.